The minimum absolute atomic E-state index is 0.0406. The minimum Gasteiger partial charge on any atom is -0.505 e. The molecular formula is C19H18N2O4. The monoisotopic (exact) mass is 338 g/mol. The molecule has 0 aliphatic rings. The van der Waals surface area contributed by atoms with Gasteiger partial charge in [0.05, 0.1) is 12.3 Å². The zero-order chi connectivity index (χ0) is 18.2. The second kappa shape index (κ2) is 8.54. The van der Waals surface area contributed by atoms with Crippen LogP contribution >= 0.6 is 0 Å². The molecule has 0 heterocycles. The van der Waals surface area contributed by atoms with Crippen LogP contribution in [0.5, 0.6) is 0 Å². The molecule has 0 unspecified atom stereocenters. The van der Waals surface area contributed by atoms with Gasteiger partial charge in [0.15, 0.2) is 11.5 Å². The predicted molar refractivity (Wildman–Crippen MR) is 93.3 cm³/mol. The van der Waals surface area contributed by atoms with Gasteiger partial charge in [-0.15, -0.1) is 5.11 Å². The van der Waals surface area contributed by atoms with E-state index in [1.165, 1.54) is 0 Å². The molecule has 0 saturated heterocycles. The highest BCUT2D eigenvalue weighted by molar-refractivity contribution is 6.41. The lowest BCUT2D eigenvalue weighted by atomic mass is 10.1. The summed E-state index contributed by atoms with van der Waals surface area (Å²) in [6, 6.07) is 15.5. The van der Waals surface area contributed by atoms with E-state index in [1.54, 1.807) is 55.5 Å². The van der Waals surface area contributed by atoms with Crippen LogP contribution < -0.4 is 0 Å². The van der Waals surface area contributed by atoms with Crippen molar-refractivity contribution in [2.75, 3.05) is 6.61 Å². The summed E-state index contributed by atoms with van der Waals surface area (Å²) >= 11 is 0. The Morgan fingerprint density at radius 2 is 1.68 bits per heavy atom. The van der Waals surface area contributed by atoms with Gasteiger partial charge in [0.2, 0.25) is 0 Å². The molecule has 1 N–H and O–H groups in total. The van der Waals surface area contributed by atoms with Gasteiger partial charge in [-0.25, -0.2) is 4.79 Å². The Kier molecular flexibility index (Phi) is 6.17. The van der Waals surface area contributed by atoms with Crippen LogP contribution in [0.1, 0.15) is 18.1 Å². The molecular weight excluding hydrogens is 320 g/mol. The summed E-state index contributed by atoms with van der Waals surface area (Å²) < 4.78 is 4.71. The van der Waals surface area contributed by atoms with Crippen LogP contribution in [-0.4, -0.2) is 23.5 Å². The van der Waals surface area contributed by atoms with E-state index < -0.39 is 23.2 Å². The second-order valence-corrected chi connectivity index (χ2v) is 5.15. The van der Waals surface area contributed by atoms with Crippen molar-refractivity contribution < 1.29 is 19.4 Å². The van der Waals surface area contributed by atoms with Gasteiger partial charge in [-0.2, -0.15) is 5.11 Å². The van der Waals surface area contributed by atoms with Crippen molar-refractivity contribution in [3.05, 3.63) is 71.4 Å². The summed E-state index contributed by atoms with van der Waals surface area (Å²) in [5.41, 5.74) is 1.35. The maximum absolute atomic E-state index is 12.3. The zero-order valence-electron chi connectivity index (χ0n) is 14.0. The second-order valence-electron chi connectivity index (χ2n) is 5.15. The lowest BCUT2D eigenvalue weighted by Gasteiger charge is -2.06. The van der Waals surface area contributed by atoms with E-state index in [2.05, 4.69) is 10.2 Å². The summed E-state index contributed by atoms with van der Waals surface area (Å²) in [4.78, 5) is 24.1. The van der Waals surface area contributed by atoms with Gasteiger partial charge in [-0.05, 0) is 26.0 Å². The zero-order valence-corrected chi connectivity index (χ0v) is 14.0. The van der Waals surface area contributed by atoms with Crippen LogP contribution in [0.25, 0.3) is 5.76 Å². The first-order chi connectivity index (χ1) is 12.0. The summed E-state index contributed by atoms with van der Waals surface area (Å²) in [5, 5.41) is 18.1. The Morgan fingerprint density at radius 3 is 2.28 bits per heavy atom. The summed E-state index contributed by atoms with van der Waals surface area (Å²) in [6.07, 6.45) is 0. The van der Waals surface area contributed by atoms with Gasteiger partial charge in [0.25, 0.3) is 5.78 Å². The third kappa shape index (κ3) is 4.84. The van der Waals surface area contributed by atoms with Crippen molar-refractivity contribution in [1.29, 1.82) is 0 Å². The van der Waals surface area contributed by atoms with Crippen LogP contribution in [0.4, 0.5) is 5.69 Å². The van der Waals surface area contributed by atoms with Crippen molar-refractivity contribution >= 4 is 23.2 Å². The van der Waals surface area contributed by atoms with E-state index >= 15 is 0 Å². The number of aryl methyl sites for hydroxylation is 1. The SMILES string of the molecule is CCOC(=O)C(=O)C(N=Nc1ccccc1)=C(O)c1ccc(C)cc1. The van der Waals surface area contributed by atoms with Gasteiger partial charge in [0.1, 0.15) is 0 Å². The lowest BCUT2D eigenvalue weighted by molar-refractivity contribution is -0.151. The van der Waals surface area contributed by atoms with Crippen LogP contribution in [0, 0.1) is 6.92 Å². The molecule has 0 fully saturated rings. The van der Waals surface area contributed by atoms with Crippen molar-refractivity contribution in [2.24, 2.45) is 10.2 Å². The van der Waals surface area contributed by atoms with Crippen LogP contribution in [-0.2, 0) is 14.3 Å². The van der Waals surface area contributed by atoms with E-state index in [0.717, 1.165) is 5.56 Å². The van der Waals surface area contributed by atoms with E-state index in [4.69, 9.17) is 4.74 Å². The maximum atomic E-state index is 12.3. The number of benzene rings is 2. The van der Waals surface area contributed by atoms with Crippen molar-refractivity contribution in [2.45, 2.75) is 13.8 Å². The highest BCUT2D eigenvalue weighted by Gasteiger charge is 2.25. The molecule has 2 rings (SSSR count). The topological polar surface area (TPSA) is 88.3 Å². The van der Waals surface area contributed by atoms with E-state index in [0.29, 0.717) is 11.3 Å². The molecule has 0 saturated carbocycles. The number of ether oxygens (including phenoxy) is 1. The fourth-order valence-electron chi connectivity index (χ4n) is 1.94. The molecule has 0 amide bonds. The lowest BCUT2D eigenvalue weighted by Crippen LogP contribution is -2.19. The third-order valence-corrected chi connectivity index (χ3v) is 3.25. The summed E-state index contributed by atoms with van der Waals surface area (Å²) in [7, 11) is 0. The van der Waals surface area contributed by atoms with Gasteiger partial charge in [-0.3, -0.25) is 4.79 Å². The number of carbonyl (C=O) groups is 2. The molecule has 6 nitrogen and oxygen atoms in total. The largest absolute Gasteiger partial charge is 0.505 e. The minimum atomic E-state index is -1.09. The Morgan fingerprint density at radius 1 is 1.04 bits per heavy atom. The Labute approximate surface area is 145 Å². The molecule has 2 aromatic rings. The molecule has 0 atom stereocenters. The average molecular weight is 338 g/mol. The molecule has 0 radical (unpaired) electrons. The first-order valence-corrected chi connectivity index (χ1v) is 7.71. The van der Waals surface area contributed by atoms with Crippen molar-refractivity contribution in [1.82, 2.24) is 0 Å². The number of ketones is 1. The van der Waals surface area contributed by atoms with E-state index in [1.807, 2.05) is 13.0 Å². The summed E-state index contributed by atoms with van der Waals surface area (Å²) in [6.45, 7) is 3.52. The van der Waals surface area contributed by atoms with Crippen molar-refractivity contribution in [3.8, 4) is 0 Å². The van der Waals surface area contributed by atoms with Crippen molar-refractivity contribution in [3.63, 3.8) is 0 Å². The number of hydrogen-bond donors (Lipinski definition) is 1. The molecule has 25 heavy (non-hydrogen) atoms. The van der Waals surface area contributed by atoms with Gasteiger partial charge >= 0.3 is 5.97 Å². The standard InChI is InChI=1S/C19H18N2O4/c1-3-25-19(24)18(23)16(21-20-15-7-5-4-6-8-15)17(22)14-11-9-13(2)10-12-14/h4-12,22H,3H2,1-2H3. The van der Waals surface area contributed by atoms with Crippen LogP contribution in [0.2, 0.25) is 0 Å². The molecule has 2 aromatic carbocycles. The number of Topliss-reactive ketones (excluding diaryl/α,β-unsaturated/α-hetero) is 1. The fraction of sp³-hybridized carbons (Fsp3) is 0.158. The number of esters is 1. The first-order valence-electron chi connectivity index (χ1n) is 7.71. The number of hydrogen-bond acceptors (Lipinski definition) is 6. The maximum Gasteiger partial charge on any atom is 0.381 e. The Bertz CT molecular complexity index is 809. The number of azo groups is 1. The number of aliphatic hydroxyl groups excluding tert-OH is 1. The average Bonchev–Trinajstić information content (AvgIpc) is 2.63. The predicted octanol–water partition coefficient (Wildman–Crippen LogP) is 4.14. The molecule has 6 heteroatoms. The highest BCUT2D eigenvalue weighted by Crippen LogP contribution is 2.21. The van der Waals surface area contributed by atoms with Gasteiger partial charge < -0.3 is 9.84 Å². The third-order valence-electron chi connectivity index (χ3n) is 3.25. The molecule has 0 aliphatic heterocycles. The van der Waals surface area contributed by atoms with Crippen LogP contribution in [0.3, 0.4) is 0 Å². The van der Waals surface area contributed by atoms with Gasteiger partial charge in [0, 0.05) is 5.56 Å². The molecule has 0 spiro atoms. The van der Waals surface area contributed by atoms with E-state index in [9.17, 15) is 14.7 Å². The van der Waals surface area contributed by atoms with Gasteiger partial charge in [-0.1, -0.05) is 48.0 Å². The number of carbonyl (C=O) groups excluding carboxylic acids is 2. The quantitative estimate of drug-likeness (QED) is 0.282. The fourth-order valence-corrected chi connectivity index (χ4v) is 1.94. The molecule has 0 bridgehead atoms. The Balaban J connectivity index is 2.45. The number of aliphatic hydroxyl groups is 1. The van der Waals surface area contributed by atoms with Crippen LogP contribution in [0.15, 0.2) is 70.5 Å². The molecule has 0 aromatic heterocycles. The highest BCUT2D eigenvalue weighted by atomic mass is 16.5. The van der Waals surface area contributed by atoms with E-state index in [-0.39, 0.29) is 6.61 Å². The normalized spacial score (nSPS) is 11.9. The first kappa shape index (κ1) is 18.1. The smallest absolute Gasteiger partial charge is 0.381 e. The molecule has 0 aliphatic carbocycles. The number of nitrogens with zero attached hydrogens (tertiary/aromatic N) is 2. The number of rotatable bonds is 6. The Hall–Kier alpha value is -3.28. The summed E-state index contributed by atoms with van der Waals surface area (Å²) in [5.74, 6) is -2.58. The molecule has 128 valence electrons.